The average molecular weight is 387 g/mol. The Labute approximate surface area is 162 Å². The molecule has 0 saturated carbocycles. The minimum Gasteiger partial charge on any atom is -0.492 e. The molecule has 0 fully saturated rings. The van der Waals surface area contributed by atoms with Crippen LogP contribution in [0.1, 0.15) is 23.9 Å². The van der Waals surface area contributed by atoms with Crippen molar-refractivity contribution >= 4 is 29.6 Å². The Balaban J connectivity index is 1.85. The number of hydrogen-bond acceptors (Lipinski definition) is 5. The Morgan fingerprint density at radius 1 is 1.19 bits per heavy atom. The van der Waals surface area contributed by atoms with Crippen LogP contribution in [-0.2, 0) is 6.42 Å². The molecule has 1 aromatic heterocycles. The van der Waals surface area contributed by atoms with Gasteiger partial charge in [0.25, 0.3) is 0 Å². The molecule has 2 aromatic carbocycles. The molecule has 134 valence electrons. The second-order valence-electron chi connectivity index (χ2n) is 5.44. The fourth-order valence-electron chi connectivity index (χ4n) is 2.42. The second kappa shape index (κ2) is 8.87. The van der Waals surface area contributed by atoms with Gasteiger partial charge in [-0.3, -0.25) is 0 Å². The number of thioether (sulfide) groups is 1. The van der Waals surface area contributed by atoms with Gasteiger partial charge < -0.3 is 4.74 Å². The largest absolute Gasteiger partial charge is 0.492 e. The molecular formula is C19H19ClN4OS. The Morgan fingerprint density at radius 3 is 2.69 bits per heavy atom. The van der Waals surface area contributed by atoms with Gasteiger partial charge >= 0.3 is 0 Å². The number of halogens is 1. The van der Waals surface area contributed by atoms with E-state index in [2.05, 4.69) is 27.4 Å². The van der Waals surface area contributed by atoms with Crippen molar-refractivity contribution < 1.29 is 4.74 Å². The minimum absolute atomic E-state index is 0.564. The van der Waals surface area contributed by atoms with Crippen LogP contribution in [0.15, 0.2) is 58.8 Å². The summed E-state index contributed by atoms with van der Waals surface area (Å²) in [4.78, 5) is 0. The highest BCUT2D eigenvalue weighted by atomic mass is 35.5. The predicted molar refractivity (Wildman–Crippen MR) is 107 cm³/mol. The van der Waals surface area contributed by atoms with Crippen LogP contribution < -0.4 is 4.74 Å². The lowest BCUT2D eigenvalue weighted by molar-refractivity contribution is 0.340. The molecule has 0 atom stereocenters. The summed E-state index contributed by atoms with van der Waals surface area (Å²) in [5.41, 5.74) is 2.04. The number of benzene rings is 2. The van der Waals surface area contributed by atoms with E-state index in [0.29, 0.717) is 23.8 Å². The maximum atomic E-state index is 6.24. The van der Waals surface area contributed by atoms with E-state index in [4.69, 9.17) is 16.3 Å². The Kier molecular flexibility index (Phi) is 6.30. The second-order valence-corrected chi connectivity index (χ2v) is 6.63. The van der Waals surface area contributed by atoms with Crippen molar-refractivity contribution in [1.82, 2.24) is 14.9 Å². The first-order valence-electron chi connectivity index (χ1n) is 8.20. The zero-order valence-corrected chi connectivity index (χ0v) is 16.2. The average Bonchev–Trinajstić information content (AvgIpc) is 3.04. The van der Waals surface area contributed by atoms with E-state index in [9.17, 15) is 0 Å². The molecule has 0 unspecified atom stereocenters. The third-order valence-corrected chi connectivity index (χ3v) is 4.56. The number of nitrogens with zero attached hydrogens (tertiary/aromatic N) is 4. The quantitative estimate of drug-likeness (QED) is 0.442. The SMILES string of the molecule is CCOc1ccc(/C=N\n2c(Cc3ccccc3)nnc2SC)cc1Cl. The van der Waals surface area contributed by atoms with Crippen LogP contribution in [0.4, 0.5) is 0 Å². The molecule has 0 aliphatic rings. The van der Waals surface area contributed by atoms with Crippen molar-refractivity contribution in [1.29, 1.82) is 0 Å². The molecule has 7 heteroatoms. The third-order valence-electron chi connectivity index (χ3n) is 3.64. The maximum absolute atomic E-state index is 6.24. The van der Waals surface area contributed by atoms with Crippen LogP contribution in [0.2, 0.25) is 5.02 Å². The molecule has 0 saturated heterocycles. The van der Waals surface area contributed by atoms with E-state index < -0.39 is 0 Å². The van der Waals surface area contributed by atoms with Crippen molar-refractivity contribution in [3.8, 4) is 5.75 Å². The molecule has 0 aliphatic heterocycles. The number of aromatic nitrogens is 3. The van der Waals surface area contributed by atoms with Crippen molar-refractivity contribution in [2.24, 2.45) is 5.10 Å². The summed E-state index contributed by atoms with van der Waals surface area (Å²) in [6, 6.07) is 15.7. The molecule has 0 spiro atoms. The molecule has 3 rings (SSSR count). The summed E-state index contributed by atoms with van der Waals surface area (Å²) in [6.07, 6.45) is 4.37. The summed E-state index contributed by atoms with van der Waals surface area (Å²) < 4.78 is 7.22. The van der Waals surface area contributed by atoms with Gasteiger partial charge in [0.1, 0.15) is 5.75 Å². The van der Waals surface area contributed by atoms with E-state index >= 15 is 0 Å². The van der Waals surface area contributed by atoms with E-state index in [1.165, 1.54) is 11.8 Å². The molecule has 0 amide bonds. The fraction of sp³-hybridized carbons (Fsp3) is 0.211. The Hall–Kier alpha value is -2.31. The lowest BCUT2D eigenvalue weighted by Gasteiger charge is -2.06. The highest BCUT2D eigenvalue weighted by Crippen LogP contribution is 2.25. The summed E-state index contributed by atoms with van der Waals surface area (Å²) in [5.74, 6) is 1.46. The minimum atomic E-state index is 0.564. The van der Waals surface area contributed by atoms with Gasteiger partial charge in [-0.25, -0.2) is 0 Å². The molecule has 0 N–H and O–H groups in total. The van der Waals surface area contributed by atoms with Gasteiger partial charge in [-0.05, 0) is 42.5 Å². The van der Waals surface area contributed by atoms with Crippen LogP contribution >= 0.6 is 23.4 Å². The van der Waals surface area contributed by atoms with E-state index in [-0.39, 0.29) is 0 Å². The van der Waals surface area contributed by atoms with Crippen molar-refractivity contribution in [2.75, 3.05) is 12.9 Å². The standard InChI is InChI=1S/C19H19ClN4OS/c1-3-25-17-10-9-15(11-16(17)20)13-21-24-18(22-23-19(24)26-2)12-14-7-5-4-6-8-14/h4-11,13H,3,12H2,1-2H3/b21-13-. The van der Waals surface area contributed by atoms with Crippen LogP contribution in [0.5, 0.6) is 5.75 Å². The zero-order chi connectivity index (χ0) is 18.4. The zero-order valence-electron chi connectivity index (χ0n) is 14.6. The van der Waals surface area contributed by atoms with Gasteiger partial charge in [0.2, 0.25) is 5.16 Å². The van der Waals surface area contributed by atoms with E-state index in [1.807, 2.05) is 49.6 Å². The molecule has 26 heavy (non-hydrogen) atoms. The van der Waals surface area contributed by atoms with Crippen molar-refractivity contribution in [3.05, 3.63) is 70.5 Å². The maximum Gasteiger partial charge on any atom is 0.211 e. The highest BCUT2D eigenvalue weighted by Gasteiger charge is 2.11. The predicted octanol–water partition coefficient (Wildman–Crippen LogP) is 4.53. The van der Waals surface area contributed by atoms with Gasteiger partial charge in [-0.15, -0.1) is 10.2 Å². The van der Waals surface area contributed by atoms with Crippen molar-refractivity contribution in [3.63, 3.8) is 0 Å². The van der Waals surface area contributed by atoms with Gasteiger partial charge in [-0.1, -0.05) is 53.7 Å². The van der Waals surface area contributed by atoms with Gasteiger partial charge in [0.05, 0.1) is 17.8 Å². The van der Waals surface area contributed by atoms with Gasteiger partial charge in [0, 0.05) is 6.42 Å². The molecule has 0 bridgehead atoms. The number of hydrogen-bond donors (Lipinski definition) is 0. The topological polar surface area (TPSA) is 52.3 Å². The monoisotopic (exact) mass is 386 g/mol. The van der Waals surface area contributed by atoms with Crippen LogP contribution in [0.3, 0.4) is 0 Å². The Morgan fingerprint density at radius 2 is 2.00 bits per heavy atom. The lowest BCUT2D eigenvalue weighted by atomic mass is 10.1. The first-order chi connectivity index (χ1) is 12.7. The van der Waals surface area contributed by atoms with Crippen LogP contribution in [-0.4, -0.2) is 34.0 Å². The summed E-state index contributed by atoms with van der Waals surface area (Å²) in [6.45, 7) is 2.50. The van der Waals surface area contributed by atoms with Gasteiger partial charge in [0.15, 0.2) is 5.82 Å². The van der Waals surface area contributed by atoms with Crippen molar-refractivity contribution in [2.45, 2.75) is 18.5 Å². The first-order valence-corrected chi connectivity index (χ1v) is 9.80. The van der Waals surface area contributed by atoms with Crippen LogP contribution in [0, 0.1) is 0 Å². The highest BCUT2D eigenvalue weighted by molar-refractivity contribution is 7.98. The molecular weight excluding hydrogens is 368 g/mol. The van der Waals surface area contributed by atoms with E-state index in [1.54, 1.807) is 10.9 Å². The molecule has 0 radical (unpaired) electrons. The number of ether oxygens (including phenoxy) is 1. The first kappa shape index (κ1) is 18.5. The third kappa shape index (κ3) is 4.45. The Bertz CT molecular complexity index is 896. The summed E-state index contributed by atoms with van der Waals surface area (Å²) in [5, 5.41) is 14.4. The van der Waals surface area contributed by atoms with E-state index in [0.717, 1.165) is 22.1 Å². The van der Waals surface area contributed by atoms with Crippen LogP contribution in [0.25, 0.3) is 0 Å². The summed E-state index contributed by atoms with van der Waals surface area (Å²) >= 11 is 7.75. The normalized spacial score (nSPS) is 11.2. The number of rotatable bonds is 7. The summed E-state index contributed by atoms with van der Waals surface area (Å²) in [7, 11) is 0. The lowest BCUT2D eigenvalue weighted by Crippen LogP contribution is -2.01. The smallest absolute Gasteiger partial charge is 0.211 e. The molecule has 3 aromatic rings. The molecule has 5 nitrogen and oxygen atoms in total. The fourth-order valence-corrected chi connectivity index (χ4v) is 3.11. The molecule has 0 aliphatic carbocycles. The molecule has 1 heterocycles. The van der Waals surface area contributed by atoms with Gasteiger partial charge in [-0.2, -0.15) is 9.78 Å².